The van der Waals surface area contributed by atoms with Crippen molar-refractivity contribution in [2.75, 3.05) is 5.75 Å². The number of rotatable bonds is 4. The van der Waals surface area contributed by atoms with Crippen LogP contribution in [-0.2, 0) is 14.1 Å². The van der Waals surface area contributed by atoms with Crippen LogP contribution in [0, 0.1) is 0 Å². The normalized spacial score (nSPS) is 19.9. The highest BCUT2D eigenvalue weighted by atomic mass is 79.9. The highest BCUT2D eigenvalue weighted by molar-refractivity contribution is 9.10. The lowest BCUT2D eigenvalue weighted by molar-refractivity contribution is -0.109. The summed E-state index contributed by atoms with van der Waals surface area (Å²) in [5, 5.41) is 0.0455. The van der Waals surface area contributed by atoms with Gasteiger partial charge in [0.2, 0.25) is 0 Å². The molecule has 1 aliphatic rings. The second-order valence-corrected chi connectivity index (χ2v) is 8.42. The van der Waals surface area contributed by atoms with Gasteiger partial charge in [-0.15, -0.1) is 0 Å². The fraction of sp³-hybridized carbons (Fsp3) is 0.533. The van der Waals surface area contributed by atoms with E-state index in [4.69, 9.17) is 9.31 Å². The molecule has 1 aromatic rings. The average molecular weight is 399 g/mol. The highest BCUT2D eigenvalue weighted by Crippen LogP contribution is 2.39. The van der Waals surface area contributed by atoms with E-state index in [1.165, 1.54) is 11.8 Å². The fourth-order valence-electron chi connectivity index (χ4n) is 1.92. The van der Waals surface area contributed by atoms with Gasteiger partial charge in [0.1, 0.15) is 0 Å². The summed E-state index contributed by atoms with van der Waals surface area (Å²) in [5.41, 5.74) is -0.0256. The number of nitrogens with zero attached hydrogens (tertiary/aromatic N) is 2. The van der Waals surface area contributed by atoms with Crippen molar-refractivity contribution < 1.29 is 14.1 Å². The van der Waals surface area contributed by atoms with Gasteiger partial charge in [-0.05, 0) is 55.2 Å². The molecule has 0 aliphatic carbocycles. The van der Waals surface area contributed by atoms with E-state index in [9.17, 15) is 4.79 Å². The van der Waals surface area contributed by atoms with Gasteiger partial charge in [0.05, 0.1) is 15.7 Å². The van der Waals surface area contributed by atoms with Gasteiger partial charge in [-0.25, -0.2) is 9.97 Å². The van der Waals surface area contributed by atoms with Crippen molar-refractivity contribution in [3.8, 4) is 0 Å². The summed E-state index contributed by atoms with van der Waals surface area (Å²) in [6, 6.07) is 0. The lowest BCUT2D eigenvalue weighted by Gasteiger charge is -2.32. The fourth-order valence-corrected chi connectivity index (χ4v) is 2.71. The van der Waals surface area contributed by atoms with Crippen molar-refractivity contribution >= 4 is 46.0 Å². The Hall–Kier alpha value is -0.695. The van der Waals surface area contributed by atoms with Crippen LogP contribution >= 0.6 is 27.7 Å². The molecule has 1 fully saturated rings. The predicted octanol–water partition coefficient (Wildman–Crippen LogP) is 3.53. The molecular formula is C15H20BBrN2O3S. The van der Waals surface area contributed by atoms with Crippen molar-refractivity contribution in [3.05, 3.63) is 28.2 Å². The van der Waals surface area contributed by atoms with Crippen LogP contribution in [0.1, 0.15) is 40.4 Å². The summed E-state index contributed by atoms with van der Waals surface area (Å²) >= 11 is 4.53. The molecule has 2 heterocycles. The molecule has 1 aromatic heterocycles. The summed E-state index contributed by atoms with van der Waals surface area (Å²) in [7, 11) is -0.515. The van der Waals surface area contributed by atoms with Gasteiger partial charge in [0.15, 0.2) is 10.9 Å². The largest absolute Gasteiger partial charge is 0.491 e. The maximum Gasteiger partial charge on any atom is 0.491 e. The molecule has 5 nitrogen and oxygen atoms in total. The second kappa shape index (κ2) is 7.05. The minimum absolute atomic E-state index is 0.0455. The van der Waals surface area contributed by atoms with Gasteiger partial charge in [-0.1, -0.05) is 11.8 Å². The van der Waals surface area contributed by atoms with E-state index >= 15 is 0 Å². The molecule has 0 bridgehead atoms. The molecule has 23 heavy (non-hydrogen) atoms. The molecule has 1 aliphatic heterocycles. The van der Waals surface area contributed by atoms with Crippen LogP contribution < -0.4 is 0 Å². The van der Waals surface area contributed by atoms with Crippen molar-refractivity contribution in [2.24, 2.45) is 0 Å². The lowest BCUT2D eigenvalue weighted by atomic mass is 9.79. The van der Waals surface area contributed by atoms with Gasteiger partial charge in [0, 0.05) is 25.1 Å². The van der Waals surface area contributed by atoms with Crippen LogP contribution in [0.2, 0.25) is 0 Å². The van der Waals surface area contributed by atoms with Crippen LogP contribution in [0.3, 0.4) is 0 Å². The molecule has 0 aromatic carbocycles. The number of carbonyl (C=O) groups excluding carboxylic acids is 1. The van der Waals surface area contributed by atoms with Crippen LogP contribution in [-0.4, -0.2) is 39.2 Å². The number of thioether (sulfide) groups is 1. The maximum atomic E-state index is 11.3. The Morgan fingerprint density at radius 1 is 1.26 bits per heavy atom. The monoisotopic (exact) mass is 398 g/mol. The van der Waals surface area contributed by atoms with Crippen LogP contribution in [0.25, 0.3) is 6.08 Å². The standard InChI is InChI=1S/C15H20BBrN2O3S/c1-10(20)23-9-11(6-13-18-7-12(17)8-19-13)16-21-14(2,3)15(4,5)22-16/h6-8H,9H2,1-5H3. The van der Waals surface area contributed by atoms with Gasteiger partial charge in [-0.2, -0.15) is 0 Å². The predicted molar refractivity (Wildman–Crippen MR) is 96.9 cm³/mol. The quantitative estimate of drug-likeness (QED) is 0.723. The van der Waals surface area contributed by atoms with Crippen LogP contribution in [0.5, 0.6) is 0 Å². The molecular weight excluding hydrogens is 379 g/mol. The van der Waals surface area contributed by atoms with E-state index in [0.717, 1.165) is 9.95 Å². The minimum atomic E-state index is -0.515. The zero-order chi connectivity index (χ0) is 17.3. The highest BCUT2D eigenvalue weighted by Gasteiger charge is 2.52. The Kier molecular flexibility index (Phi) is 5.71. The second-order valence-electron chi connectivity index (χ2n) is 6.35. The Bertz CT molecular complexity index is 604. The van der Waals surface area contributed by atoms with Crippen LogP contribution in [0.15, 0.2) is 22.3 Å². The third-order valence-corrected chi connectivity index (χ3v) is 5.25. The van der Waals surface area contributed by atoms with Gasteiger partial charge in [-0.3, -0.25) is 4.79 Å². The van der Waals surface area contributed by atoms with Gasteiger partial charge >= 0.3 is 7.12 Å². The van der Waals surface area contributed by atoms with Crippen molar-refractivity contribution in [2.45, 2.75) is 45.8 Å². The van der Waals surface area contributed by atoms with E-state index in [0.29, 0.717) is 11.6 Å². The van der Waals surface area contributed by atoms with Gasteiger partial charge < -0.3 is 9.31 Å². The first-order valence-corrected chi connectivity index (χ1v) is 9.05. The van der Waals surface area contributed by atoms with E-state index in [-0.39, 0.29) is 5.12 Å². The molecule has 0 spiro atoms. The smallest absolute Gasteiger partial charge is 0.400 e. The van der Waals surface area contributed by atoms with Crippen molar-refractivity contribution in [1.82, 2.24) is 9.97 Å². The molecule has 0 atom stereocenters. The molecule has 124 valence electrons. The summed E-state index contributed by atoms with van der Waals surface area (Å²) in [6.45, 7) is 9.54. The average Bonchev–Trinajstić information content (AvgIpc) is 2.65. The summed E-state index contributed by atoms with van der Waals surface area (Å²) < 4.78 is 13.0. The first-order chi connectivity index (χ1) is 10.6. The third kappa shape index (κ3) is 4.65. The number of halogens is 1. The van der Waals surface area contributed by atoms with E-state index in [1.807, 2.05) is 33.8 Å². The molecule has 1 saturated heterocycles. The number of aromatic nitrogens is 2. The molecule has 2 rings (SSSR count). The first kappa shape index (κ1) is 18.6. The molecule has 0 saturated carbocycles. The minimum Gasteiger partial charge on any atom is -0.400 e. The zero-order valence-corrected chi connectivity index (χ0v) is 16.3. The van der Waals surface area contributed by atoms with Crippen molar-refractivity contribution in [3.63, 3.8) is 0 Å². The van der Waals surface area contributed by atoms with E-state index < -0.39 is 18.3 Å². The Morgan fingerprint density at radius 3 is 2.26 bits per heavy atom. The van der Waals surface area contributed by atoms with Crippen LogP contribution in [0.4, 0.5) is 0 Å². The summed E-state index contributed by atoms with van der Waals surface area (Å²) in [6.07, 6.45) is 5.18. The van der Waals surface area contributed by atoms with Gasteiger partial charge in [0.25, 0.3) is 0 Å². The molecule has 0 unspecified atom stereocenters. The number of hydrogen-bond donors (Lipinski definition) is 0. The SMILES string of the molecule is CC(=O)SCC(=Cc1ncc(Br)cn1)B1OC(C)(C)C(C)(C)O1. The van der Waals surface area contributed by atoms with E-state index in [1.54, 1.807) is 19.3 Å². The Labute approximate surface area is 149 Å². The maximum absolute atomic E-state index is 11.3. The van der Waals surface area contributed by atoms with E-state index in [2.05, 4.69) is 25.9 Å². The zero-order valence-electron chi connectivity index (χ0n) is 13.9. The molecule has 0 N–H and O–H groups in total. The number of hydrogen-bond acceptors (Lipinski definition) is 6. The Morgan fingerprint density at radius 2 is 1.78 bits per heavy atom. The van der Waals surface area contributed by atoms with Crippen molar-refractivity contribution in [1.29, 1.82) is 0 Å². The molecule has 0 radical (unpaired) electrons. The molecule has 8 heteroatoms. The Balaban J connectivity index is 2.28. The third-order valence-electron chi connectivity index (χ3n) is 3.95. The number of carbonyl (C=O) groups is 1. The topological polar surface area (TPSA) is 61.3 Å². The lowest BCUT2D eigenvalue weighted by Crippen LogP contribution is -2.41. The first-order valence-electron chi connectivity index (χ1n) is 7.28. The summed E-state index contributed by atoms with van der Waals surface area (Å²) in [5.74, 6) is 1.04. The summed E-state index contributed by atoms with van der Waals surface area (Å²) in [4.78, 5) is 19.8. The molecule has 0 amide bonds.